The van der Waals surface area contributed by atoms with Gasteiger partial charge in [0.1, 0.15) is 5.69 Å². The van der Waals surface area contributed by atoms with E-state index in [2.05, 4.69) is 9.97 Å². The van der Waals surface area contributed by atoms with E-state index < -0.39 is 5.97 Å². The summed E-state index contributed by atoms with van der Waals surface area (Å²) in [6.45, 7) is 1.34. The first-order chi connectivity index (χ1) is 10.7. The van der Waals surface area contributed by atoms with Crippen molar-refractivity contribution in [2.75, 3.05) is 0 Å². The molecule has 0 amide bonds. The molecule has 0 unspecified atom stereocenters. The number of hydrogen-bond donors (Lipinski definition) is 0. The normalized spacial score (nSPS) is 10.2. The molecule has 0 N–H and O–H groups in total. The first-order valence-electron chi connectivity index (χ1n) is 6.90. The van der Waals surface area contributed by atoms with Gasteiger partial charge in [0, 0.05) is 18.1 Å². The number of ether oxygens (including phenoxy) is 1. The molecule has 108 valence electrons. The standard InChI is InChI=1S/C18H14N2O2/c1-13(21)22-16-12-19-17(14-8-4-2-5-9-14)18(20-16)15-10-6-3-7-11-15/h2-12H,1H3. The van der Waals surface area contributed by atoms with Crippen molar-refractivity contribution in [3.05, 3.63) is 66.9 Å². The van der Waals surface area contributed by atoms with Gasteiger partial charge in [-0.1, -0.05) is 60.7 Å². The SMILES string of the molecule is CC(=O)Oc1cnc(-c2ccccc2)c(-c2ccccc2)n1. The highest BCUT2D eigenvalue weighted by molar-refractivity contribution is 5.78. The number of hydrogen-bond acceptors (Lipinski definition) is 4. The highest BCUT2D eigenvalue weighted by Gasteiger charge is 2.13. The molecule has 4 nitrogen and oxygen atoms in total. The van der Waals surface area contributed by atoms with Crippen LogP contribution in [0.15, 0.2) is 66.9 Å². The lowest BCUT2D eigenvalue weighted by Gasteiger charge is -2.10. The lowest BCUT2D eigenvalue weighted by molar-refractivity contribution is -0.132. The Morgan fingerprint density at radius 1 is 0.864 bits per heavy atom. The Labute approximate surface area is 128 Å². The molecule has 0 bridgehead atoms. The van der Waals surface area contributed by atoms with Gasteiger partial charge in [-0.05, 0) is 0 Å². The zero-order valence-electron chi connectivity index (χ0n) is 12.1. The topological polar surface area (TPSA) is 52.1 Å². The zero-order valence-corrected chi connectivity index (χ0v) is 12.1. The van der Waals surface area contributed by atoms with Gasteiger partial charge in [0.25, 0.3) is 0 Å². The first kappa shape index (κ1) is 13.9. The maximum atomic E-state index is 11.1. The Kier molecular flexibility index (Phi) is 3.92. The number of carbonyl (C=O) groups excluding carboxylic acids is 1. The summed E-state index contributed by atoms with van der Waals surface area (Å²) in [5.41, 5.74) is 3.32. The van der Waals surface area contributed by atoms with Crippen molar-refractivity contribution in [3.8, 4) is 28.4 Å². The van der Waals surface area contributed by atoms with Crippen LogP contribution in [0.4, 0.5) is 0 Å². The van der Waals surface area contributed by atoms with Gasteiger partial charge in [-0.25, -0.2) is 9.97 Å². The van der Waals surface area contributed by atoms with Crippen LogP contribution < -0.4 is 4.74 Å². The fraction of sp³-hybridized carbons (Fsp3) is 0.0556. The van der Waals surface area contributed by atoms with Crippen LogP contribution in [0.1, 0.15) is 6.92 Å². The fourth-order valence-corrected chi connectivity index (χ4v) is 2.17. The molecule has 0 aliphatic heterocycles. The molecule has 3 aromatic rings. The van der Waals surface area contributed by atoms with Crippen LogP contribution in [-0.4, -0.2) is 15.9 Å². The molecule has 0 saturated heterocycles. The van der Waals surface area contributed by atoms with E-state index in [1.807, 2.05) is 60.7 Å². The predicted molar refractivity (Wildman–Crippen MR) is 84.2 cm³/mol. The summed E-state index contributed by atoms with van der Waals surface area (Å²) in [5.74, 6) is -0.216. The second-order valence-corrected chi connectivity index (χ2v) is 4.73. The van der Waals surface area contributed by atoms with Crippen molar-refractivity contribution in [2.24, 2.45) is 0 Å². The maximum Gasteiger partial charge on any atom is 0.309 e. The second kappa shape index (κ2) is 6.18. The molecule has 4 heteroatoms. The van der Waals surface area contributed by atoms with E-state index in [9.17, 15) is 4.79 Å². The molecule has 3 rings (SSSR count). The van der Waals surface area contributed by atoms with Crippen LogP contribution >= 0.6 is 0 Å². The molecule has 22 heavy (non-hydrogen) atoms. The van der Waals surface area contributed by atoms with E-state index in [1.54, 1.807) is 0 Å². The first-order valence-corrected chi connectivity index (χ1v) is 6.90. The summed E-state index contributed by atoms with van der Waals surface area (Å²) in [5, 5.41) is 0. The van der Waals surface area contributed by atoms with Gasteiger partial charge in [-0.2, -0.15) is 0 Å². The Balaban J connectivity index is 2.15. The van der Waals surface area contributed by atoms with Gasteiger partial charge in [0.15, 0.2) is 0 Å². The van der Waals surface area contributed by atoms with Crippen LogP contribution in [0.2, 0.25) is 0 Å². The van der Waals surface area contributed by atoms with Gasteiger partial charge < -0.3 is 4.74 Å². The largest absolute Gasteiger partial charge is 0.406 e. The molecule has 0 aliphatic carbocycles. The Morgan fingerprint density at radius 2 is 1.41 bits per heavy atom. The number of esters is 1. The maximum absolute atomic E-state index is 11.1. The van der Waals surface area contributed by atoms with Crippen molar-refractivity contribution in [2.45, 2.75) is 6.92 Å². The van der Waals surface area contributed by atoms with Gasteiger partial charge in [0.2, 0.25) is 5.88 Å². The number of nitrogens with zero attached hydrogens (tertiary/aromatic N) is 2. The molecule has 1 heterocycles. The fourth-order valence-electron chi connectivity index (χ4n) is 2.17. The van der Waals surface area contributed by atoms with Crippen molar-refractivity contribution in [1.29, 1.82) is 0 Å². The van der Waals surface area contributed by atoms with E-state index in [-0.39, 0.29) is 5.88 Å². The number of rotatable bonds is 3. The Morgan fingerprint density at radius 3 is 1.95 bits per heavy atom. The molecule has 0 atom stereocenters. The lowest BCUT2D eigenvalue weighted by Crippen LogP contribution is -2.05. The van der Waals surface area contributed by atoms with Crippen LogP contribution in [0, 0.1) is 0 Å². The van der Waals surface area contributed by atoms with Gasteiger partial charge in [-0.3, -0.25) is 4.79 Å². The van der Waals surface area contributed by atoms with Gasteiger partial charge >= 0.3 is 5.97 Å². The van der Waals surface area contributed by atoms with Crippen LogP contribution in [0.3, 0.4) is 0 Å². The molecular formula is C18H14N2O2. The number of benzene rings is 2. The van der Waals surface area contributed by atoms with E-state index >= 15 is 0 Å². The van der Waals surface area contributed by atoms with E-state index in [4.69, 9.17) is 4.74 Å². The van der Waals surface area contributed by atoms with Crippen LogP contribution in [-0.2, 0) is 4.79 Å². The van der Waals surface area contributed by atoms with Crippen LogP contribution in [0.5, 0.6) is 5.88 Å². The summed E-state index contributed by atoms with van der Waals surface area (Å²) in [7, 11) is 0. The third-order valence-corrected chi connectivity index (χ3v) is 3.09. The summed E-state index contributed by atoms with van der Waals surface area (Å²) in [4.78, 5) is 20.0. The molecule has 2 aromatic carbocycles. The molecule has 1 aromatic heterocycles. The van der Waals surface area contributed by atoms with Gasteiger partial charge in [-0.15, -0.1) is 0 Å². The predicted octanol–water partition coefficient (Wildman–Crippen LogP) is 3.74. The molecule has 0 spiro atoms. The minimum Gasteiger partial charge on any atom is -0.406 e. The quantitative estimate of drug-likeness (QED) is 0.690. The number of aromatic nitrogens is 2. The molecular weight excluding hydrogens is 276 g/mol. The van der Waals surface area contributed by atoms with Crippen molar-refractivity contribution < 1.29 is 9.53 Å². The molecule has 0 radical (unpaired) electrons. The van der Waals surface area contributed by atoms with Crippen molar-refractivity contribution in [3.63, 3.8) is 0 Å². The zero-order chi connectivity index (χ0) is 15.4. The minimum absolute atomic E-state index is 0.200. The third kappa shape index (κ3) is 3.01. The van der Waals surface area contributed by atoms with E-state index in [0.717, 1.165) is 16.8 Å². The summed E-state index contributed by atoms with van der Waals surface area (Å²) in [6, 6.07) is 19.5. The highest BCUT2D eigenvalue weighted by Crippen LogP contribution is 2.29. The third-order valence-electron chi connectivity index (χ3n) is 3.09. The summed E-state index contributed by atoms with van der Waals surface area (Å²) >= 11 is 0. The van der Waals surface area contributed by atoms with E-state index in [0.29, 0.717) is 5.69 Å². The smallest absolute Gasteiger partial charge is 0.309 e. The molecule has 0 aliphatic rings. The Bertz CT molecular complexity index is 787. The molecule has 0 fully saturated rings. The highest BCUT2D eigenvalue weighted by atomic mass is 16.5. The average molecular weight is 290 g/mol. The van der Waals surface area contributed by atoms with Crippen molar-refractivity contribution in [1.82, 2.24) is 9.97 Å². The van der Waals surface area contributed by atoms with E-state index in [1.165, 1.54) is 13.1 Å². The Hall–Kier alpha value is -3.01. The van der Waals surface area contributed by atoms with Crippen molar-refractivity contribution >= 4 is 5.97 Å². The summed E-state index contributed by atoms with van der Waals surface area (Å²) < 4.78 is 5.05. The summed E-state index contributed by atoms with van der Waals surface area (Å²) in [6.07, 6.45) is 1.47. The lowest BCUT2D eigenvalue weighted by atomic mass is 10.0. The van der Waals surface area contributed by atoms with Crippen LogP contribution in [0.25, 0.3) is 22.5 Å². The molecule has 0 saturated carbocycles. The monoisotopic (exact) mass is 290 g/mol. The average Bonchev–Trinajstić information content (AvgIpc) is 2.56. The minimum atomic E-state index is -0.416. The number of carbonyl (C=O) groups is 1. The second-order valence-electron chi connectivity index (χ2n) is 4.73. The van der Waals surface area contributed by atoms with Gasteiger partial charge in [0.05, 0.1) is 11.9 Å².